The molecule has 0 aliphatic heterocycles. The van der Waals surface area contributed by atoms with Crippen molar-refractivity contribution in [2.24, 2.45) is 0 Å². The van der Waals surface area contributed by atoms with E-state index >= 15 is 0 Å². The first-order valence-electron chi connectivity index (χ1n) is 16.1. The molecule has 0 bridgehead atoms. The molecule has 0 atom stereocenters. The van der Waals surface area contributed by atoms with Gasteiger partial charge >= 0.3 is 0 Å². The Hall–Kier alpha value is -5.86. The smallest absolute Gasteiger partial charge is 0.0541 e. The van der Waals surface area contributed by atoms with Crippen LogP contribution in [0.2, 0.25) is 0 Å². The first kappa shape index (κ1) is 27.7. The maximum absolute atomic E-state index is 2.42. The minimum absolute atomic E-state index is 1.18. The van der Waals surface area contributed by atoms with Crippen LogP contribution in [0, 0.1) is 0 Å². The molecule has 2 heterocycles. The quantitative estimate of drug-likeness (QED) is 0.193. The molecule has 46 heavy (non-hydrogen) atoms. The fourth-order valence-corrected chi connectivity index (χ4v) is 6.95. The number of hydrogen-bond acceptors (Lipinski definition) is 0. The second kappa shape index (κ2) is 11.6. The van der Waals surface area contributed by atoms with Crippen molar-refractivity contribution in [2.75, 3.05) is 0 Å². The minimum atomic E-state index is 1.18. The molecule has 2 nitrogen and oxygen atoms in total. The lowest BCUT2D eigenvalue weighted by molar-refractivity contribution is 1.18. The van der Waals surface area contributed by atoms with Gasteiger partial charge in [0.2, 0.25) is 0 Å². The second-order valence-electron chi connectivity index (χ2n) is 11.4. The van der Waals surface area contributed by atoms with Crippen LogP contribution in [0.25, 0.3) is 77.2 Å². The van der Waals surface area contributed by atoms with Gasteiger partial charge in [-0.2, -0.15) is 0 Å². The highest BCUT2D eigenvalue weighted by Crippen LogP contribution is 2.39. The SMILES string of the molecule is CC.c1ccc(-c2ccccc2-n2c3ccccc3c3cc(-c4ccc5c(c4)c4ccccc4n5-c4ccccc4)ccc32)cc1. The number of fused-ring (bicyclic) bond motifs is 6. The maximum Gasteiger partial charge on any atom is 0.0541 e. The van der Waals surface area contributed by atoms with E-state index in [2.05, 4.69) is 179 Å². The molecule has 0 saturated carbocycles. The number of hydrogen-bond donors (Lipinski definition) is 0. The van der Waals surface area contributed by atoms with Gasteiger partial charge < -0.3 is 9.13 Å². The summed E-state index contributed by atoms with van der Waals surface area (Å²) in [6.45, 7) is 4.00. The summed E-state index contributed by atoms with van der Waals surface area (Å²) in [7, 11) is 0. The first-order valence-corrected chi connectivity index (χ1v) is 16.1. The van der Waals surface area contributed by atoms with Crippen LogP contribution in [-0.2, 0) is 0 Å². The van der Waals surface area contributed by atoms with E-state index in [1.807, 2.05) is 13.8 Å². The summed E-state index contributed by atoms with van der Waals surface area (Å²) in [5.41, 5.74) is 12.1. The lowest BCUT2D eigenvalue weighted by Gasteiger charge is -2.14. The van der Waals surface area contributed by atoms with Crippen molar-refractivity contribution in [3.8, 4) is 33.6 Å². The molecule has 7 aromatic carbocycles. The lowest BCUT2D eigenvalue weighted by atomic mass is 10.0. The Morgan fingerprint density at radius 2 is 0.783 bits per heavy atom. The first-order chi connectivity index (χ1) is 22.8. The predicted octanol–water partition coefficient (Wildman–Crippen LogP) is 12.2. The maximum atomic E-state index is 2.42. The Balaban J connectivity index is 0.00000153. The molecule has 220 valence electrons. The molecular formula is C44H34N2. The van der Waals surface area contributed by atoms with Gasteiger partial charge in [-0.05, 0) is 71.3 Å². The summed E-state index contributed by atoms with van der Waals surface area (Å²) in [4.78, 5) is 0. The number of para-hydroxylation sites is 4. The van der Waals surface area contributed by atoms with Crippen LogP contribution < -0.4 is 0 Å². The van der Waals surface area contributed by atoms with Crippen LogP contribution in [0.5, 0.6) is 0 Å². The van der Waals surface area contributed by atoms with Crippen LogP contribution in [0.3, 0.4) is 0 Å². The second-order valence-corrected chi connectivity index (χ2v) is 11.4. The molecule has 0 N–H and O–H groups in total. The molecule has 0 aliphatic rings. The Bertz CT molecular complexity index is 2480. The van der Waals surface area contributed by atoms with E-state index in [1.165, 1.54) is 77.2 Å². The topological polar surface area (TPSA) is 9.86 Å². The van der Waals surface area contributed by atoms with Crippen molar-refractivity contribution in [1.82, 2.24) is 9.13 Å². The van der Waals surface area contributed by atoms with Crippen LogP contribution in [0.15, 0.2) is 170 Å². The third-order valence-corrected chi connectivity index (χ3v) is 8.92. The van der Waals surface area contributed by atoms with Crippen LogP contribution >= 0.6 is 0 Å². The average molecular weight is 591 g/mol. The molecule has 0 amide bonds. The molecule has 2 aromatic heterocycles. The molecule has 0 spiro atoms. The van der Waals surface area contributed by atoms with Gasteiger partial charge in [0.25, 0.3) is 0 Å². The predicted molar refractivity (Wildman–Crippen MR) is 197 cm³/mol. The summed E-state index contributed by atoms with van der Waals surface area (Å²) < 4.78 is 4.79. The van der Waals surface area contributed by atoms with E-state index in [1.54, 1.807) is 0 Å². The van der Waals surface area contributed by atoms with Gasteiger partial charge in [-0.25, -0.2) is 0 Å². The fourth-order valence-electron chi connectivity index (χ4n) is 6.95. The van der Waals surface area contributed by atoms with E-state index in [9.17, 15) is 0 Å². The fraction of sp³-hybridized carbons (Fsp3) is 0.0455. The molecule has 9 rings (SSSR count). The van der Waals surface area contributed by atoms with E-state index in [0.717, 1.165) is 0 Å². The Morgan fingerprint density at radius 1 is 0.326 bits per heavy atom. The van der Waals surface area contributed by atoms with Crippen molar-refractivity contribution in [3.05, 3.63) is 170 Å². The van der Waals surface area contributed by atoms with Crippen molar-refractivity contribution in [3.63, 3.8) is 0 Å². The molecular weight excluding hydrogens is 556 g/mol. The Labute approximate surface area is 269 Å². The normalized spacial score (nSPS) is 11.3. The zero-order valence-corrected chi connectivity index (χ0v) is 26.1. The molecule has 0 aliphatic carbocycles. The highest BCUT2D eigenvalue weighted by Gasteiger charge is 2.17. The van der Waals surface area contributed by atoms with Gasteiger partial charge in [0, 0.05) is 32.8 Å². The van der Waals surface area contributed by atoms with Gasteiger partial charge in [-0.15, -0.1) is 0 Å². The van der Waals surface area contributed by atoms with Crippen LogP contribution in [-0.4, -0.2) is 9.13 Å². The molecule has 0 unspecified atom stereocenters. The molecule has 0 saturated heterocycles. The number of rotatable bonds is 4. The zero-order chi connectivity index (χ0) is 31.0. The van der Waals surface area contributed by atoms with Gasteiger partial charge in [0.15, 0.2) is 0 Å². The van der Waals surface area contributed by atoms with Gasteiger partial charge in [-0.1, -0.05) is 129 Å². The average Bonchev–Trinajstić information content (AvgIpc) is 3.65. The zero-order valence-electron chi connectivity index (χ0n) is 26.1. The summed E-state index contributed by atoms with van der Waals surface area (Å²) in [6.07, 6.45) is 0. The summed E-state index contributed by atoms with van der Waals surface area (Å²) in [5.74, 6) is 0. The monoisotopic (exact) mass is 590 g/mol. The van der Waals surface area contributed by atoms with Crippen LogP contribution in [0.1, 0.15) is 13.8 Å². The highest BCUT2D eigenvalue weighted by atomic mass is 15.0. The number of benzene rings is 7. The van der Waals surface area contributed by atoms with E-state index in [4.69, 9.17) is 0 Å². The lowest BCUT2D eigenvalue weighted by Crippen LogP contribution is -1.97. The van der Waals surface area contributed by atoms with E-state index in [0.29, 0.717) is 0 Å². The minimum Gasteiger partial charge on any atom is -0.309 e. The largest absolute Gasteiger partial charge is 0.309 e. The highest BCUT2D eigenvalue weighted by molar-refractivity contribution is 6.13. The molecule has 0 radical (unpaired) electrons. The van der Waals surface area contributed by atoms with Crippen molar-refractivity contribution in [2.45, 2.75) is 13.8 Å². The molecule has 9 aromatic rings. The third-order valence-electron chi connectivity index (χ3n) is 8.92. The Kier molecular flexibility index (Phi) is 6.96. The van der Waals surface area contributed by atoms with E-state index in [-0.39, 0.29) is 0 Å². The van der Waals surface area contributed by atoms with Crippen LogP contribution in [0.4, 0.5) is 0 Å². The summed E-state index contributed by atoms with van der Waals surface area (Å²) in [6, 6.07) is 61.4. The standard InChI is InChI=1S/C42H28N2.C2H6/c1-3-13-29(14-4-1)33-17-7-10-20-38(33)44-40-22-12-9-19-35(40)37-28-31(24-26-42(37)44)30-23-25-41-36(27-30)34-18-8-11-21-39(34)43(41)32-15-5-2-6-16-32;1-2/h1-28H;1-2H3. The van der Waals surface area contributed by atoms with Gasteiger partial charge in [0.1, 0.15) is 0 Å². The summed E-state index contributed by atoms with van der Waals surface area (Å²) >= 11 is 0. The summed E-state index contributed by atoms with van der Waals surface area (Å²) in [5, 5.41) is 5.05. The van der Waals surface area contributed by atoms with E-state index < -0.39 is 0 Å². The van der Waals surface area contributed by atoms with Gasteiger partial charge in [-0.3, -0.25) is 0 Å². The molecule has 0 fully saturated rings. The van der Waals surface area contributed by atoms with Crippen molar-refractivity contribution < 1.29 is 0 Å². The van der Waals surface area contributed by atoms with Crippen molar-refractivity contribution in [1.29, 1.82) is 0 Å². The third kappa shape index (κ3) is 4.42. The van der Waals surface area contributed by atoms with Gasteiger partial charge in [0.05, 0.1) is 27.8 Å². The molecule has 2 heteroatoms. The Morgan fingerprint density at radius 3 is 1.41 bits per heavy atom. The number of aromatic nitrogens is 2. The number of nitrogens with zero attached hydrogens (tertiary/aromatic N) is 2. The van der Waals surface area contributed by atoms with Crippen molar-refractivity contribution >= 4 is 43.6 Å².